The Bertz CT molecular complexity index is 609. The third kappa shape index (κ3) is 2.57. The molecule has 8 heteroatoms. The van der Waals surface area contributed by atoms with E-state index in [1.807, 2.05) is 0 Å². The van der Waals surface area contributed by atoms with Gasteiger partial charge in [0.25, 0.3) is 11.6 Å². The van der Waals surface area contributed by atoms with Gasteiger partial charge in [-0.25, -0.2) is 5.43 Å². The quantitative estimate of drug-likeness (QED) is 0.616. The number of nitro groups is 1. The third-order valence-electron chi connectivity index (χ3n) is 2.66. The highest BCUT2D eigenvalue weighted by Crippen LogP contribution is 2.25. The average Bonchev–Trinajstić information content (AvgIpc) is 2.78. The van der Waals surface area contributed by atoms with Crippen LogP contribution in [0.1, 0.15) is 12.0 Å². The number of anilines is 1. The number of hydrogen-bond donors (Lipinski definition) is 2. The van der Waals surface area contributed by atoms with Crippen molar-refractivity contribution in [2.45, 2.75) is 13.3 Å². The van der Waals surface area contributed by atoms with E-state index in [9.17, 15) is 19.7 Å². The Morgan fingerprint density at radius 2 is 2.26 bits per heavy atom. The van der Waals surface area contributed by atoms with Crippen LogP contribution in [0.3, 0.4) is 0 Å². The van der Waals surface area contributed by atoms with Crippen LogP contribution in [-0.4, -0.2) is 22.4 Å². The van der Waals surface area contributed by atoms with Crippen LogP contribution in [0.2, 0.25) is 0 Å². The van der Waals surface area contributed by atoms with Crippen molar-refractivity contribution in [3.05, 3.63) is 33.9 Å². The lowest BCUT2D eigenvalue weighted by molar-refractivity contribution is -0.385. The van der Waals surface area contributed by atoms with Crippen LogP contribution in [0, 0.1) is 17.0 Å². The third-order valence-corrected chi connectivity index (χ3v) is 2.66. The molecule has 0 aliphatic carbocycles. The minimum Gasteiger partial charge on any atom is -0.320 e. The maximum absolute atomic E-state index is 11.8. The van der Waals surface area contributed by atoms with E-state index in [-0.39, 0.29) is 23.7 Å². The summed E-state index contributed by atoms with van der Waals surface area (Å²) in [5.74, 6) is -0.914. The topological polar surface area (TPSA) is 114 Å². The molecule has 0 saturated heterocycles. The molecule has 98 valence electrons. The highest BCUT2D eigenvalue weighted by Gasteiger charge is 2.23. The molecule has 0 radical (unpaired) electrons. The number of rotatable bonds is 3. The van der Waals surface area contributed by atoms with Gasteiger partial charge in [0.15, 0.2) is 0 Å². The first-order valence-corrected chi connectivity index (χ1v) is 5.40. The molecule has 8 nitrogen and oxygen atoms in total. The molecule has 2 rings (SSSR count). The molecular formula is C11H10N4O4. The predicted octanol–water partition coefficient (Wildman–Crippen LogP) is 0.718. The zero-order chi connectivity index (χ0) is 14.0. The van der Waals surface area contributed by atoms with Crippen molar-refractivity contribution in [2.75, 3.05) is 5.32 Å². The number of benzene rings is 1. The van der Waals surface area contributed by atoms with Gasteiger partial charge in [-0.15, -0.1) is 0 Å². The van der Waals surface area contributed by atoms with E-state index in [0.29, 0.717) is 11.3 Å². The fraction of sp³-hybridized carbons (Fsp3) is 0.182. The highest BCUT2D eigenvalue weighted by atomic mass is 16.6. The predicted molar refractivity (Wildman–Crippen MR) is 66.7 cm³/mol. The molecule has 1 aliphatic rings. The molecule has 0 fully saturated rings. The fourth-order valence-electron chi connectivity index (χ4n) is 1.64. The summed E-state index contributed by atoms with van der Waals surface area (Å²) in [4.78, 5) is 33.0. The first kappa shape index (κ1) is 12.7. The molecule has 2 amide bonds. The van der Waals surface area contributed by atoms with E-state index in [2.05, 4.69) is 15.8 Å². The number of nitrogens with one attached hydrogen (secondary N) is 2. The molecule has 19 heavy (non-hydrogen) atoms. The maximum atomic E-state index is 11.8. The van der Waals surface area contributed by atoms with Crippen molar-refractivity contribution in [3.63, 3.8) is 0 Å². The Balaban J connectivity index is 2.20. The van der Waals surface area contributed by atoms with Crippen molar-refractivity contribution in [3.8, 4) is 0 Å². The number of nitro benzene ring substituents is 1. The first-order valence-electron chi connectivity index (χ1n) is 5.40. The Morgan fingerprint density at radius 3 is 2.84 bits per heavy atom. The van der Waals surface area contributed by atoms with Gasteiger partial charge in [-0.2, -0.15) is 5.10 Å². The monoisotopic (exact) mass is 262 g/mol. The van der Waals surface area contributed by atoms with Gasteiger partial charge in [-0.05, 0) is 13.0 Å². The Kier molecular flexibility index (Phi) is 3.23. The molecule has 0 bridgehead atoms. The molecule has 0 spiro atoms. The van der Waals surface area contributed by atoms with Gasteiger partial charge in [0, 0.05) is 6.07 Å². The molecule has 0 saturated carbocycles. The van der Waals surface area contributed by atoms with Crippen LogP contribution in [0.4, 0.5) is 11.4 Å². The fourth-order valence-corrected chi connectivity index (χ4v) is 1.64. The number of hydrazone groups is 1. The minimum atomic E-state index is -0.554. The van der Waals surface area contributed by atoms with Crippen molar-refractivity contribution in [1.29, 1.82) is 0 Å². The summed E-state index contributed by atoms with van der Waals surface area (Å²) < 4.78 is 0. The second-order valence-electron chi connectivity index (χ2n) is 3.93. The second kappa shape index (κ2) is 4.84. The lowest BCUT2D eigenvalue weighted by Gasteiger charge is -2.07. The summed E-state index contributed by atoms with van der Waals surface area (Å²) in [6, 6.07) is 4.37. The van der Waals surface area contributed by atoms with Crippen molar-refractivity contribution >= 4 is 28.9 Å². The van der Waals surface area contributed by atoms with Crippen molar-refractivity contribution < 1.29 is 14.5 Å². The largest absolute Gasteiger partial charge is 0.320 e. The van der Waals surface area contributed by atoms with Crippen LogP contribution in [0.15, 0.2) is 23.3 Å². The van der Waals surface area contributed by atoms with E-state index in [0.717, 1.165) is 0 Å². The molecule has 1 aliphatic heterocycles. The Labute approximate surface area is 107 Å². The number of hydrogen-bond acceptors (Lipinski definition) is 5. The number of amides is 2. The Morgan fingerprint density at radius 1 is 1.53 bits per heavy atom. The van der Waals surface area contributed by atoms with Crippen LogP contribution in [0.5, 0.6) is 0 Å². The summed E-state index contributed by atoms with van der Waals surface area (Å²) in [7, 11) is 0. The zero-order valence-corrected chi connectivity index (χ0v) is 9.97. The van der Waals surface area contributed by atoms with Crippen molar-refractivity contribution in [2.24, 2.45) is 5.10 Å². The summed E-state index contributed by atoms with van der Waals surface area (Å²) in [6.07, 6.45) is -0.0974. The lowest BCUT2D eigenvalue weighted by atomic mass is 10.1. The molecule has 1 aromatic rings. The van der Waals surface area contributed by atoms with Crippen LogP contribution in [-0.2, 0) is 9.59 Å². The van der Waals surface area contributed by atoms with E-state index in [4.69, 9.17) is 0 Å². The molecule has 0 aromatic heterocycles. The van der Waals surface area contributed by atoms with E-state index < -0.39 is 10.8 Å². The summed E-state index contributed by atoms with van der Waals surface area (Å²) >= 11 is 0. The van der Waals surface area contributed by atoms with Gasteiger partial charge in [-0.3, -0.25) is 19.7 Å². The summed E-state index contributed by atoms with van der Waals surface area (Å²) in [5.41, 5.74) is 2.80. The average molecular weight is 262 g/mol. The minimum absolute atomic E-state index is 0.0518. The van der Waals surface area contributed by atoms with E-state index in [1.54, 1.807) is 6.07 Å². The van der Waals surface area contributed by atoms with Gasteiger partial charge in [0.2, 0.25) is 5.91 Å². The standard InChI is InChI=1S/C11H10N4O4/c1-6-7(3-2-4-9(6)15(18)19)12-11(17)8-5-10(16)14-13-8/h2-4H,5H2,1H3,(H,12,17)(H,14,16). The van der Waals surface area contributed by atoms with Gasteiger partial charge in [0.05, 0.1) is 22.6 Å². The Hall–Kier alpha value is -2.77. The zero-order valence-electron chi connectivity index (χ0n) is 9.97. The molecule has 1 heterocycles. The second-order valence-corrected chi connectivity index (χ2v) is 3.93. The molecule has 2 N–H and O–H groups in total. The number of carbonyl (C=O) groups excluding carboxylic acids is 2. The van der Waals surface area contributed by atoms with E-state index in [1.165, 1.54) is 19.1 Å². The van der Waals surface area contributed by atoms with Gasteiger partial charge in [0.1, 0.15) is 5.71 Å². The maximum Gasteiger partial charge on any atom is 0.274 e. The molecule has 0 unspecified atom stereocenters. The van der Waals surface area contributed by atoms with Gasteiger partial charge in [-0.1, -0.05) is 6.07 Å². The van der Waals surface area contributed by atoms with E-state index >= 15 is 0 Å². The molecule has 1 aromatic carbocycles. The van der Waals surface area contributed by atoms with Crippen LogP contribution in [0.25, 0.3) is 0 Å². The van der Waals surface area contributed by atoms with Gasteiger partial charge >= 0.3 is 0 Å². The summed E-state index contributed by atoms with van der Waals surface area (Å²) in [5, 5.41) is 16.8. The molecular weight excluding hydrogens is 252 g/mol. The summed E-state index contributed by atoms with van der Waals surface area (Å²) in [6.45, 7) is 1.54. The van der Waals surface area contributed by atoms with Gasteiger partial charge < -0.3 is 5.32 Å². The normalized spacial score (nSPS) is 13.7. The first-order chi connectivity index (χ1) is 8.99. The number of nitrogens with zero attached hydrogens (tertiary/aromatic N) is 2. The van der Waals surface area contributed by atoms with Crippen molar-refractivity contribution in [1.82, 2.24) is 5.43 Å². The van der Waals surface area contributed by atoms with Crippen LogP contribution >= 0.6 is 0 Å². The molecule has 0 atom stereocenters. The number of carbonyl (C=O) groups is 2. The lowest BCUT2D eigenvalue weighted by Crippen LogP contribution is -2.22. The van der Waals surface area contributed by atoms with Crippen LogP contribution < -0.4 is 10.7 Å². The smallest absolute Gasteiger partial charge is 0.274 e. The highest BCUT2D eigenvalue weighted by molar-refractivity contribution is 6.46. The SMILES string of the molecule is Cc1c(NC(=O)C2=NNC(=O)C2)cccc1[N+](=O)[O-].